The van der Waals surface area contributed by atoms with Gasteiger partial charge in [0, 0.05) is 29.1 Å². The maximum Gasteiger partial charge on any atom is 0.288 e. The van der Waals surface area contributed by atoms with Crippen molar-refractivity contribution in [3.05, 3.63) is 57.7 Å². The van der Waals surface area contributed by atoms with Crippen LogP contribution >= 0.6 is 23.4 Å². The summed E-state index contributed by atoms with van der Waals surface area (Å²) < 4.78 is 1.64. The summed E-state index contributed by atoms with van der Waals surface area (Å²) in [6.45, 7) is 0.667. The van der Waals surface area contributed by atoms with Gasteiger partial charge in [-0.05, 0) is 18.1 Å². The third kappa shape index (κ3) is 2.18. The molecule has 18 heavy (non-hydrogen) atoms. The number of aromatic nitrogens is 2. The molecule has 0 N–H and O–H groups in total. The highest BCUT2D eigenvalue weighted by molar-refractivity contribution is 8.00. The molecule has 1 aromatic heterocycles. The highest BCUT2D eigenvalue weighted by atomic mass is 35.5. The molecule has 1 unspecified atom stereocenters. The van der Waals surface area contributed by atoms with Gasteiger partial charge in [-0.25, -0.2) is 4.98 Å². The molecule has 2 heterocycles. The SMILES string of the molecule is O=c1c(Cl)nccn1CC1Cc2ccccc2S1. The molecular formula is C13H11ClN2OS. The first kappa shape index (κ1) is 11.8. The molecule has 0 aliphatic carbocycles. The van der Waals surface area contributed by atoms with E-state index >= 15 is 0 Å². The summed E-state index contributed by atoms with van der Waals surface area (Å²) in [6, 6.07) is 8.37. The first-order valence-corrected chi connectivity index (χ1v) is 6.95. The zero-order valence-electron chi connectivity index (χ0n) is 9.54. The third-order valence-electron chi connectivity index (χ3n) is 2.99. The first-order chi connectivity index (χ1) is 8.74. The van der Waals surface area contributed by atoms with E-state index in [1.165, 1.54) is 10.5 Å². The zero-order chi connectivity index (χ0) is 12.5. The molecule has 1 aliphatic heterocycles. The van der Waals surface area contributed by atoms with Crippen molar-refractivity contribution in [3.8, 4) is 0 Å². The van der Waals surface area contributed by atoms with Crippen LogP contribution in [0.3, 0.4) is 0 Å². The molecule has 0 saturated heterocycles. The minimum absolute atomic E-state index is 0.0398. The Morgan fingerprint density at radius 1 is 1.44 bits per heavy atom. The predicted molar refractivity (Wildman–Crippen MR) is 73.3 cm³/mol. The second-order valence-corrected chi connectivity index (χ2v) is 5.93. The predicted octanol–water partition coefficient (Wildman–Crippen LogP) is 2.61. The van der Waals surface area contributed by atoms with Gasteiger partial charge in [0.1, 0.15) is 0 Å². The van der Waals surface area contributed by atoms with E-state index in [0.29, 0.717) is 11.8 Å². The lowest BCUT2D eigenvalue weighted by Gasteiger charge is -2.10. The van der Waals surface area contributed by atoms with Gasteiger partial charge in [-0.1, -0.05) is 29.8 Å². The topological polar surface area (TPSA) is 34.9 Å². The molecule has 3 nitrogen and oxygen atoms in total. The number of benzene rings is 1. The molecule has 0 fully saturated rings. The minimum Gasteiger partial charge on any atom is -0.310 e. The molecule has 1 aromatic carbocycles. The number of rotatable bonds is 2. The van der Waals surface area contributed by atoms with Crippen LogP contribution in [-0.4, -0.2) is 14.8 Å². The Bertz CT molecular complexity index is 616. The molecule has 2 aromatic rings. The monoisotopic (exact) mass is 278 g/mol. The highest BCUT2D eigenvalue weighted by Gasteiger charge is 2.22. The van der Waals surface area contributed by atoms with Crippen LogP contribution in [-0.2, 0) is 13.0 Å². The summed E-state index contributed by atoms with van der Waals surface area (Å²) in [7, 11) is 0. The van der Waals surface area contributed by atoms with E-state index in [1.54, 1.807) is 17.0 Å². The van der Waals surface area contributed by atoms with Crippen molar-refractivity contribution < 1.29 is 0 Å². The quantitative estimate of drug-likeness (QED) is 0.847. The second kappa shape index (κ2) is 4.78. The van der Waals surface area contributed by atoms with E-state index in [0.717, 1.165) is 6.42 Å². The van der Waals surface area contributed by atoms with Gasteiger partial charge in [0.05, 0.1) is 0 Å². The van der Waals surface area contributed by atoms with E-state index in [1.807, 2.05) is 17.8 Å². The van der Waals surface area contributed by atoms with Gasteiger partial charge in [-0.15, -0.1) is 11.8 Å². The molecule has 0 spiro atoms. The second-order valence-electron chi connectivity index (χ2n) is 4.23. The fraction of sp³-hybridized carbons (Fsp3) is 0.231. The van der Waals surface area contributed by atoms with Crippen molar-refractivity contribution in [2.24, 2.45) is 0 Å². The maximum atomic E-state index is 11.8. The molecule has 0 radical (unpaired) electrons. The van der Waals surface area contributed by atoms with Gasteiger partial charge in [-0.2, -0.15) is 0 Å². The Balaban J connectivity index is 1.80. The summed E-state index contributed by atoms with van der Waals surface area (Å²) in [5.41, 5.74) is 1.15. The number of thioether (sulfide) groups is 1. The van der Waals surface area contributed by atoms with Crippen LogP contribution in [0.4, 0.5) is 0 Å². The van der Waals surface area contributed by atoms with Gasteiger partial charge in [0.25, 0.3) is 5.56 Å². The molecule has 0 saturated carbocycles. The molecule has 3 rings (SSSR count). The summed E-state index contributed by atoms with van der Waals surface area (Å²) in [6.07, 6.45) is 4.25. The van der Waals surface area contributed by atoms with Gasteiger partial charge in [0.2, 0.25) is 0 Å². The van der Waals surface area contributed by atoms with E-state index in [2.05, 4.69) is 23.2 Å². The molecule has 0 amide bonds. The number of fused-ring (bicyclic) bond motifs is 1. The van der Waals surface area contributed by atoms with Crippen LogP contribution in [0.1, 0.15) is 5.56 Å². The van der Waals surface area contributed by atoms with Gasteiger partial charge >= 0.3 is 0 Å². The minimum atomic E-state index is -0.212. The van der Waals surface area contributed by atoms with Crippen LogP contribution in [0.5, 0.6) is 0 Å². The van der Waals surface area contributed by atoms with Crippen LogP contribution < -0.4 is 5.56 Å². The van der Waals surface area contributed by atoms with Crippen LogP contribution in [0, 0.1) is 0 Å². The lowest BCUT2D eigenvalue weighted by atomic mass is 10.1. The smallest absolute Gasteiger partial charge is 0.288 e. The Labute approximate surface area is 114 Å². The van der Waals surface area contributed by atoms with Gasteiger partial charge in [-0.3, -0.25) is 4.79 Å². The Morgan fingerprint density at radius 2 is 2.28 bits per heavy atom. The van der Waals surface area contributed by atoms with E-state index in [9.17, 15) is 4.79 Å². The van der Waals surface area contributed by atoms with E-state index in [4.69, 9.17) is 11.6 Å². The van der Waals surface area contributed by atoms with Crippen molar-refractivity contribution in [2.75, 3.05) is 0 Å². The van der Waals surface area contributed by atoms with Crippen molar-refractivity contribution in [3.63, 3.8) is 0 Å². The maximum absolute atomic E-state index is 11.8. The summed E-state index contributed by atoms with van der Waals surface area (Å²) in [5, 5.41) is 0.427. The molecule has 1 atom stereocenters. The lowest BCUT2D eigenvalue weighted by Crippen LogP contribution is -2.25. The Morgan fingerprint density at radius 3 is 3.11 bits per heavy atom. The van der Waals surface area contributed by atoms with Crippen molar-refractivity contribution >= 4 is 23.4 Å². The van der Waals surface area contributed by atoms with Crippen molar-refractivity contribution in [2.45, 2.75) is 23.1 Å². The van der Waals surface area contributed by atoms with Gasteiger partial charge in [0.15, 0.2) is 5.15 Å². The summed E-state index contributed by atoms with van der Waals surface area (Å²) in [4.78, 5) is 16.9. The fourth-order valence-corrected chi connectivity index (χ4v) is 3.62. The Hall–Kier alpha value is -1.26. The standard InChI is InChI=1S/C13H11ClN2OS/c14-12-13(17)16(6-5-15-12)8-10-7-9-3-1-2-4-11(9)18-10/h1-6,10H,7-8H2. The third-order valence-corrected chi connectivity index (χ3v) is 4.55. The largest absolute Gasteiger partial charge is 0.310 e. The molecule has 0 bridgehead atoms. The van der Waals surface area contributed by atoms with E-state index in [-0.39, 0.29) is 10.7 Å². The summed E-state index contributed by atoms with van der Waals surface area (Å²) >= 11 is 7.56. The Kier molecular flexibility index (Phi) is 3.14. The van der Waals surface area contributed by atoms with Crippen LogP contribution in [0.2, 0.25) is 5.15 Å². The number of hydrogen-bond donors (Lipinski definition) is 0. The molecular weight excluding hydrogens is 268 g/mol. The lowest BCUT2D eigenvalue weighted by molar-refractivity contribution is 0.637. The average Bonchev–Trinajstić information content (AvgIpc) is 2.77. The average molecular weight is 279 g/mol. The van der Waals surface area contributed by atoms with E-state index < -0.39 is 0 Å². The highest BCUT2D eigenvalue weighted by Crippen LogP contribution is 2.37. The number of halogens is 1. The number of nitrogens with zero attached hydrogens (tertiary/aromatic N) is 2. The number of hydrogen-bond acceptors (Lipinski definition) is 3. The molecule has 92 valence electrons. The van der Waals surface area contributed by atoms with Crippen molar-refractivity contribution in [1.82, 2.24) is 9.55 Å². The normalized spacial score (nSPS) is 17.7. The molecule has 5 heteroatoms. The van der Waals surface area contributed by atoms with Crippen molar-refractivity contribution in [1.29, 1.82) is 0 Å². The first-order valence-electron chi connectivity index (χ1n) is 5.69. The molecule has 1 aliphatic rings. The van der Waals surface area contributed by atoms with Crippen LogP contribution in [0.15, 0.2) is 46.3 Å². The van der Waals surface area contributed by atoms with Gasteiger partial charge < -0.3 is 4.57 Å². The van der Waals surface area contributed by atoms with Crippen LogP contribution in [0.25, 0.3) is 0 Å². The fourth-order valence-electron chi connectivity index (χ4n) is 2.14. The zero-order valence-corrected chi connectivity index (χ0v) is 11.1. The summed E-state index contributed by atoms with van der Waals surface area (Å²) in [5.74, 6) is 0.